The first kappa shape index (κ1) is 14.0. The maximum atomic E-state index is 12.1. The van der Waals surface area contributed by atoms with Crippen molar-refractivity contribution < 1.29 is 4.52 Å². The van der Waals surface area contributed by atoms with Crippen molar-refractivity contribution in [2.75, 3.05) is 0 Å². The number of hydrogen-bond donors (Lipinski definition) is 0. The highest BCUT2D eigenvalue weighted by molar-refractivity contribution is 5.46. The number of hydrogen-bond acceptors (Lipinski definition) is 7. The summed E-state index contributed by atoms with van der Waals surface area (Å²) in [5.41, 5.74) is 1.06. The van der Waals surface area contributed by atoms with Crippen LogP contribution in [0.5, 0.6) is 0 Å². The van der Waals surface area contributed by atoms with Crippen LogP contribution in [-0.2, 0) is 6.54 Å². The molecule has 0 spiro atoms. The maximum absolute atomic E-state index is 12.1. The van der Waals surface area contributed by atoms with Crippen LogP contribution in [0.4, 0.5) is 0 Å². The van der Waals surface area contributed by atoms with Gasteiger partial charge in [0, 0.05) is 24.7 Å². The van der Waals surface area contributed by atoms with Crippen molar-refractivity contribution >= 4 is 5.65 Å². The fraction of sp³-hybridized carbons (Fsp3) is 0.0667. The Bertz CT molecular complexity index is 1130. The minimum absolute atomic E-state index is 0.0366. The Morgan fingerprint density at radius 3 is 2.92 bits per heavy atom. The van der Waals surface area contributed by atoms with E-state index in [-0.39, 0.29) is 17.9 Å². The summed E-state index contributed by atoms with van der Waals surface area (Å²) in [7, 11) is 0. The van der Waals surface area contributed by atoms with Crippen LogP contribution in [0.15, 0.2) is 63.2 Å². The summed E-state index contributed by atoms with van der Waals surface area (Å²) >= 11 is 0. The molecule has 9 heteroatoms. The Morgan fingerprint density at radius 1 is 1.17 bits per heavy atom. The topological polar surface area (TPSA) is 108 Å². The second-order valence-electron chi connectivity index (χ2n) is 4.96. The van der Waals surface area contributed by atoms with Gasteiger partial charge in [0.1, 0.15) is 11.3 Å². The summed E-state index contributed by atoms with van der Waals surface area (Å²) < 4.78 is 7.39. The fourth-order valence-electron chi connectivity index (χ4n) is 2.35. The Morgan fingerprint density at radius 2 is 2.08 bits per heavy atom. The second kappa shape index (κ2) is 5.54. The van der Waals surface area contributed by atoms with Crippen molar-refractivity contribution in [3.05, 3.63) is 75.7 Å². The van der Waals surface area contributed by atoms with Crippen LogP contribution in [0.2, 0.25) is 0 Å². The molecule has 0 saturated heterocycles. The zero-order valence-corrected chi connectivity index (χ0v) is 12.2. The molecule has 118 valence electrons. The molecule has 24 heavy (non-hydrogen) atoms. The first-order valence-electron chi connectivity index (χ1n) is 7.02. The van der Waals surface area contributed by atoms with Crippen LogP contribution in [-0.4, -0.2) is 29.1 Å². The van der Waals surface area contributed by atoms with Crippen LogP contribution in [0.25, 0.3) is 17.2 Å². The van der Waals surface area contributed by atoms with Crippen molar-refractivity contribution in [1.82, 2.24) is 29.1 Å². The van der Waals surface area contributed by atoms with Crippen molar-refractivity contribution in [3.63, 3.8) is 0 Å². The van der Waals surface area contributed by atoms with Gasteiger partial charge in [-0.05, 0) is 12.1 Å². The minimum Gasteiger partial charge on any atom is -0.295 e. The summed E-state index contributed by atoms with van der Waals surface area (Å²) in [6.07, 6.45) is 6.10. The van der Waals surface area contributed by atoms with Gasteiger partial charge in [-0.25, -0.2) is 19.3 Å². The highest BCUT2D eigenvalue weighted by Gasteiger charge is 2.15. The van der Waals surface area contributed by atoms with E-state index in [9.17, 15) is 9.59 Å². The van der Waals surface area contributed by atoms with E-state index in [4.69, 9.17) is 4.52 Å². The number of pyridine rings is 1. The van der Waals surface area contributed by atoms with Gasteiger partial charge in [-0.2, -0.15) is 0 Å². The molecule has 4 heterocycles. The van der Waals surface area contributed by atoms with Crippen LogP contribution in [0, 0.1) is 0 Å². The lowest BCUT2D eigenvalue weighted by Gasteiger charge is -2.05. The van der Waals surface area contributed by atoms with E-state index in [1.807, 2.05) is 0 Å². The highest BCUT2D eigenvalue weighted by Crippen LogP contribution is 2.12. The van der Waals surface area contributed by atoms with E-state index in [0.29, 0.717) is 17.0 Å². The molecule has 0 bridgehead atoms. The Kier molecular flexibility index (Phi) is 3.23. The molecule has 4 aromatic heterocycles. The predicted octanol–water partition coefficient (Wildman–Crippen LogP) is 0.349. The molecular weight excluding hydrogens is 312 g/mol. The number of fused-ring (bicyclic) bond motifs is 1. The molecular formula is C15H10N6O3. The van der Waals surface area contributed by atoms with Crippen LogP contribution < -0.4 is 11.3 Å². The SMILES string of the molecule is O=c1onc(-c2cnccn2)n1Cc1cc(=O)n2ccccc2n1. The minimum atomic E-state index is -0.661. The summed E-state index contributed by atoms with van der Waals surface area (Å²) in [5, 5.41) is 3.73. The van der Waals surface area contributed by atoms with Gasteiger partial charge in [-0.1, -0.05) is 11.2 Å². The number of aromatic nitrogens is 6. The number of rotatable bonds is 3. The summed E-state index contributed by atoms with van der Waals surface area (Å²) in [6.45, 7) is 0.0366. The van der Waals surface area contributed by atoms with Gasteiger partial charge in [-0.15, -0.1) is 0 Å². The molecule has 0 amide bonds. The monoisotopic (exact) mass is 322 g/mol. The summed E-state index contributed by atoms with van der Waals surface area (Å²) in [5.74, 6) is -0.436. The van der Waals surface area contributed by atoms with Gasteiger partial charge in [0.2, 0.25) is 5.82 Å². The molecule has 0 N–H and O–H groups in total. The van der Waals surface area contributed by atoms with Crippen molar-refractivity contribution in [1.29, 1.82) is 0 Å². The van der Waals surface area contributed by atoms with E-state index in [0.717, 1.165) is 0 Å². The zero-order valence-electron chi connectivity index (χ0n) is 12.2. The maximum Gasteiger partial charge on any atom is 0.442 e. The Balaban J connectivity index is 1.81. The Hall–Kier alpha value is -3.62. The largest absolute Gasteiger partial charge is 0.442 e. The Labute approximate surface area is 133 Å². The van der Waals surface area contributed by atoms with Crippen LogP contribution in [0.1, 0.15) is 5.69 Å². The molecule has 0 aliphatic rings. The molecule has 0 saturated carbocycles. The standard InChI is InChI=1S/C15H10N6O3/c22-13-7-10(18-12-3-1-2-6-20(12)13)9-21-14(19-24-15(21)23)11-8-16-4-5-17-11/h1-8H,9H2. The normalized spacial score (nSPS) is 11.0. The smallest absolute Gasteiger partial charge is 0.295 e. The fourth-order valence-corrected chi connectivity index (χ4v) is 2.35. The lowest BCUT2D eigenvalue weighted by atomic mass is 10.3. The van der Waals surface area contributed by atoms with Gasteiger partial charge in [0.05, 0.1) is 18.4 Å². The lowest BCUT2D eigenvalue weighted by Crippen LogP contribution is -2.21. The van der Waals surface area contributed by atoms with Crippen molar-refractivity contribution in [2.24, 2.45) is 0 Å². The van der Waals surface area contributed by atoms with Gasteiger partial charge in [0.25, 0.3) is 5.56 Å². The van der Waals surface area contributed by atoms with E-state index in [1.54, 1.807) is 24.4 Å². The van der Waals surface area contributed by atoms with Crippen molar-refractivity contribution in [2.45, 2.75) is 6.54 Å². The zero-order chi connectivity index (χ0) is 16.5. The van der Waals surface area contributed by atoms with E-state index < -0.39 is 5.76 Å². The summed E-state index contributed by atoms with van der Waals surface area (Å²) in [6, 6.07) is 6.60. The highest BCUT2D eigenvalue weighted by atomic mass is 16.5. The van der Waals surface area contributed by atoms with Crippen LogP contribution in [0.3, 0.4) is 0 Å². The molecule has 0 unspecified atom stereocenters. The predicted molar refractivity (Wildman–Crippen MR) is 82.4 cm³/mol. The van der Waals surface area contributed by atoms with Gasteiger partial charge in [-0.3, -0.25) is 18.7 Å². The molecule has 0 aromatic carbocycles. The third kappa shape index (κ3) is 2.37. The molecule has 0 aliphatic carbocycles. The first-order chi connectivity index (χ1) is 11.7. The van der Waals surface area contributed by atoms with Crippen LogP contribution >= 0.6 is 0 Å². The first-order valence-corrected chi connectivity index (χ1v) is 7.02. The van der Waals surface area contributed by atoms with E-state index in [2.05, 4.69) is 20.1 Å². The molecule has 0 fully saturated rings. The van der Waals surface area contributed by atoms with E-state index in [1.165, 1.54) is 33.6 Å². The molecule has 0 radical (unpaired) electrons. The lowest BCUT2D eigenvalue weighted by molar-refractivity contribution is 0.378. The summed E-state index contributed by atoms with van der Waals surface area (Å²) in [4.78, 5) is 36.5. The molecule has 4 aromatic rings. The molecule has 9 nitrogen and oxygen atoms in total. The average Bonchev–Trinajstić information content (AvgIpc) is 2.96. The molecule has 4 rings (SSSR count). The van der Waals surface area contributed by atoms with Gasteiger partial charge >= 0.3 is 5.76 Å². The molecule has 0 atom stereocenters. The third-order valence-corrected chi connectivity index (χ3v) is 3.42. The van der Waals surface area contributed by atoms with E-state index >= 15 is 0 Å². The average molecular weight is 322 g/mol. The number of nitrogens with zero attached hydrogens (tertiary/aromatic N) is 6. The van der Waals surface area contributed by atoms with Crippen molar-refractivity contribution in [3.8, 4) is 11.5 Å². The second-order valence-corrected chi connectivity index (χ2v) is 4.96. The third-order valence-electron chi connectivity index (χ3n) is 3.42. The van der Waals surface area contributed by atoms with Gasteiger partial charge < -0.3 is 0 Å². The van der Waals surface area contributed by atoms with Gasteiger partial charge in [0.15, 0.2) is 0 Å². The molecule has 0 aliphatic heterocycles. The quantitative estimate of drug-likeness (QED) is 0.535.